The van der Waals surface area contributed by atoms with E-state index >= 15 is 0 Å². The minimum Gasteiger partial charge on any atom is -0.497 e. The topological polar surface area (TPSA) is 65.8 Å². The summed E-state index contributed by atoms with van der Waals surface area (Å²) in [5.41, 5.74) is 1.73. The molecule has 2 aliphatic rings. The quantitative estimate of drug-likeness (QED) is 0.736. The Morgan fingerprint density at radius 3 is 2.70 bits per heavy atom. The number of fused-ring (bicyclic) bond motifs is 1. The molecule has 6 nitrogen and oxygen atoms in total. The Kier molecular flexibility index (Phi) is 5.55. The van der Waals surface area contributed by atoms with Crippen LogP contribution in [0.2, 0.25) is 0 Å². The summed E-state index contributed by atoms with van der Waals surface area (Å²) in [4.78, 5) is 16.4. The highest BCUT2D eigenvalue weighted by Gasteiger charge is 2.39. The van der Waals surface area contributed by atoms with Gasteiger partial charge in [0.15, 0.2) is 0 Å². The Hall–Kier alpha value is -3.18. The normalized spacial score (nSPS) is 18.7. The molecular formula is C22H20FN3O3S. The number of thioether (sulfide) groups is 1. The van der Waals surface area contributed by atoms with Crippen molar-refractivity contribution in [3.05, 3.63) is 64.4 Å². The Labute approximate surface area is 178 Å². The number of carbonyl (C=O) groups excluding carboxylic acids is 1. The molecule has 30 heavy (non-hydrogen) atoms. The lowest BCUT2D eigenvalue weighted by Gasteiger charge is -2.42. The molecule has 0 bridgehead atoms. The van der Waals surface area contributed by atoms with E-state index in [4.69, 9.17) is 9.47 Å². The second kappa shape index (κ2) is 8.28. The molecule has 2 aromatic carbocycles. The largest absolute Gasteiger partial charge is 0.497 e. The van der Waals surface area contributed by atoms with Gasteiger partial charge in [-0.3, -0.25) is 9.69 Å². The van der Waals surface area contributed by atoms with Crippen LogP contribution in [-0.4, -0.2) is 37.6 Å². The average molecular weight is 425 g/mol. The van der Waals surface area contributed by atoms with E-state index in [1.165, 1.54) is 17.8 Å². The average Bonchev–Trinajstić information content (AvgIpc) is 2.78. The SMILES string of the molecule is COc1ccc([C@@H]2CC(=O)N3CN(c4ccccc4F)CSC3=C2C#N)c(OC)c1. The fourth-order valence-electron chi connectivity index (χ4n) is 3.80. The highest BCUT2D eigenvalue weighted by molar-refractivity contribution is 8.03. The van der Waals surface area contributed by atoms with Crippen LogP contribution in [0.3, 0.4) is 0 Å². The van der Waals surface area contributed by atoms with Crippen molar-refractivity contribution in [1.82, 2.24) is 4.90 Å². The number of anilines is 1. The van der Waals surface area contributed by atoms with E-state index < -0.39 is 5.92 Å². The first kappa shape index (κ1) is 20.1. The van der Waals surface area contributed by atoms with Crippen molar-refractivity contribution in [1.29, 1.82) is 5.26 Å². The number of allylic oxidation sites excluding steroid dienone is 1. The third-order valence-corrected chi connectivity index (χ3v) is 6.46. The zero-order chi connectivity index (χ0) is 21.3. The van der Waals surface area contributed by atoms with Crippen molar-refractivity contribution in [2.75, 3.05) is 31.7 Å². The van der Waals surface area contributed by atoms with Gasteiger partial charge in [-0.15, -0.1) is 0 Å². The minimum absolute atomic E-state index is 0.111. The molecule has 0 saturated carbocycles. The van der Waals surface area contributed by atoms with Gasteiger partial charge < -0.3 is 14.4 Å². The number of ether oxygens (including phenoxy) is 2. The maximum absolute atomic E-state index is 14.2. The first-order chi connectivity index (χ1) is 14.6. The molecule has 1 saturated heterocycles. The summed E-state index contributed by atoms with van der Waals surface area (Å²) < 4.78 is 25.0. The van der Waals surface area contributed by atoms with Gasteiger partial charge in [0.05, 0.1) is 49.1 Å². The summed E-state index contributed by atoms with van der Waals surface area (Å²) in [5.74, 6) is 0.803. The van der Waals surface area contributed by atoms with Crippen LogP contribution >= 0.6 is 11.8 Å². The highest BCUT2D eigenvalue weighted by atomic mass is 32.2. The third kappa shape index (κ3) is 3.46. The number of nitriles is 1. The summed E-state index contributed by atoms with van der Waals surface area (Å²) in [6, 6.07) is 14.2. The summed E-state index contributed by atoms with van der Waals surface area (Å²) in [5, 5.41) is 10.6. The summed E-state index contributed by atoms with van der Waals surface area (Å²) in [6.07, 6.45) is 0.140. The Bertz CT molecular complexity index is 1070. The number of amides is 1. The van der Waals surface area contributed by atoms with E-state index in [-0.39, 0.29) is 24.8 Å². The predicted octanol–water partition coefficient (Wildman–Crippen LogP) is 4.06. The van der Waals surface area contributed by atoms with Crippen molar-refractivity contribution in [2.45, 2.75) is 12.3 Å². The number of hydrogen-bond donors (Lipinski definition) is 0. The molecule has 0 aromatic heterocycles. The van der Waals surface area contributed by atoms with E-state index in [2.05, 4.69) is 6.07 Å². The molecule has 0 unspecified atom stereocenters. The molecule has 1 amide bonds. The van der Waals surface area contributed by atoms with Crippen molar-refractivity contribution >= 4 is 23.4 Å². The highest BCUT2D eigenvalue weighted by Crippen LogP contribution is 2.45. The standard InChI is InChI=1S/C22H20FN3O3S/c1-28-14-7-8-15(20(9-14)29-2)16-10-21(27)26-12-25(13-30-22(26)17(16)11-24)19-6-4-3-5-18(19)23/h3-9,16H,10,12-13H2,1-2H3/t16-/m0/s1. The molecule has 0 N–H and O–H groups in total. The first-order valence-electron chi connectivity index (χ1n) is 9.36. The molecule has 4 rings (SSSR count). The van der Waals surface area contributed by atoms with E-state index in [1.54, 1.807) is 54.4 Å². The second-order valence-electron chi connectivity index (χ2n) is 6.92. The number of hydrogen-bond acceptors (Lipinski definition) is 6. The molecule has 0 radical (unpaired) electrons. The summed E-state index contributed by atoms with van der Waals surface area (Å²) in [7, 11) is 3.12. The van der Waals surface area contributed by atoms with Crippen LogP contribution in [0.1, 0.15) is 17.9 Å². The van der Waals surface area contributed by atoms with Crippen LogP contribution in [0.4, 0.5) is 10.1 Å². The number of rotatable bonds is 4. The number of para-hydroxylation sites is 1. The molecular weight excluding hydrogens is 405 g/mol. The monoisotopic (exact) mass is 425 g/mol. The molecule has 0 aliphatic carbocycles. The lowest BCUT2D eigenvalue weighted by Crippen LogP contribution is -2.47. The van der Waals surface area contributed by atoms with E-state index in [0.717, 1.165) is 5.56 Å². The van der Waals surface area contributed by atoms with Crippen molar-refractivity contribution in [3.63, 3.8) is 0 Å². The van der Waals surface area contributed by atoms with Gasteiger partial charge >= 0.3 is 0 Å². The fraction of sp³-hybridized carbons (Fsp3) is 0.273. The lowest BCUT2D eigenvalue weighted by molar-refractivity contribution is -0.129. The van der Waals surface area contributed by atoms with Crippen molar-refractivity contribution in [3.8, 4) is 17.6 Å². The van der Waals surface area contributed by atoms with Crippen molar-refractivity contribution < 1.29 is 18.7 Å². The van der Waals surface area contributed by atoms with Crippen molar-refractivity contribution in [2.24, 2.45) is 0 Å². The minimum atomic E-state index is -0.401. The molecule has 2 heterocycles. The predicted molar refractivity (Wildman–Crippen MR) is 113 cm³/mol. The lowest BCUT2D eigenvalue weighted by atomic mass is 9.86. The summed E-state index contributed by atoms with van der Waals surface area (Å²) in [6.45, 7) is 0.208. The number of halogens is 1. The van der Waals surface area contributed by atoms with Crippen LogP contribution in [0.15, 0.2) is 53.1 Å². The number of methoxy groups -OCH3 is 2. The molecule has 0 spiro atoms. The molecule has 2 aliphatic heterocycles. The molecule has 8 heteroatoms. The van der Waals surface area contributed by atoms with Crippen LogP contribution in [-0.2, 0) is 4.79 Å². The van der Waals surface area contributed by atoms with Gasteiger partial charge in [-0.1, -0.05) is 30.0 Å². The molecule has 1 fully saturated rings. The zero-order valence-corrected chi connectivity index (χ0v) is 17.4. The van der Waals surface area contributed by atoms with Gasteiger partial charge in [-0.05, 0) is 18.2 Å². The maximum atomic E-state index is 14.2. The van der Waals surface area contributed by atoms with Gasteiger partial charge in [-0.2, -0.15) is 5.26 Å². The number of nitrogens with zero attached hydrogens (tertiary/aromatic N) is 3. The van der Waals surface area contributed by atoms with E-state index in [1.807, 2.05) is 6.07 Å². The van der Waals surface area contributed by atoms with Crippen LogP contribution in [0, 0.1) is 17.1 Å². The van der Waals surface area contributed by atoms with Gasteiger partial charge in [-0.25, -0.2) is 4.39 Å². The van der Waals surface area contributed by atoms with E-state index in [0.29, 0.717) is 33.7 Å². The smallest absolute Gasteiger partial charge is 0.229 e. The number of carbonyl (C=O) groups is 1. The molecule has 2 aromatic rings. The Morgan fingerprint density at radius 2 is 2.00 bits per heavy atom. The first-order valence-corrected chi connectivity index (χ1v) is 10.3. The van der Waals surface area contributed by atoms with E-state index in [9.17, 15) is 14.4 Å². The fourth-order valence-corrected chi connectivity index (χ4v) is 4.95. The molecule has 1 atom stereocenters. The summed E-state index contributed by atoms with van der Waals surface area (Å²) >= 11 is 1.37. The van der Waals surface area contributed by atoms with Gasteiger partial charge in [0.1, 0.15) is 17.3 Å². The van der Waals surface area contributed by atoms with Gasteiger partial charge in [0, 0.05) is 24.0 Å². The van der Waals surface area contributed by atoms with Crippen LogP contribution < -0.4 is 14.4 Å². The Morgan fingerprint density at radius 1 is 1.20 bits per heavy atom. The second-order valence-corrected chi connectivity index (χ2v) is 7.86. The number of benzene rings is 2. The van der Waals surface area contributed by atoms with Gasteiger partial charge in [0.25, 0.3) is 0 Å². The Balaban J connectivity index is 1.70. The van der Waals surface area contributed by atoms with Crippen LogP contribution in [0.25, 0.3) is 0 Å². The third-order valence-electron chi connectivity index (χ3n) is 5.30. The van der Waals surface area contributed by atoms with Crippen LogP contribution in [0.5, 0.6) is 11.5 Å². The molecule has 154 valence electrons. The zero-order valence-electron chi connectivity index (χ0n) is 16.6. The van der Waals surface area contributed by atoms with Gasteiger partial charge in [0.2, 0.25) is 5.91 Å². The maximum Gasteiger partial charge on any atom is 0.229 e.